The lowest BCUT2D eigenvalue weighted by Crippen LogP contribution is -2.04. The van der Waals surface area contributed by atoms with Crippen LogP contribution in [-0.2, 0) is 6.42 Å². The third-order valence-electron chi connectivity index (χ3n) is 4.08. The summed E-state index contributed by atoms with van der Waals surface area (Å²) in [7, 11) is 1.93. The zero-order valence-electron chi connectivity index (χ0n) is 13.1. The topological polar surface area (TPSA) is 37.8 Å². The van der Waals surface area contributed by atoms with E-state index in [1.807, 2.05) is 7.05 Å². The predicted molar refractivity (Wildman–Crippen MR) is 87.7 cm³/mol. The molecular formula is C18H23N3. The van der Waals surface area contributed by atoms with Crippen molar-refractivity contribution in [3.05, 3.63) is 41.2 Å². The van der Waals surface area contributed by atoms with Crippen LogP contribution in [0.25, 0.3) is 11.3 Å². The number of anilines is 1. The molecule has 21 heavy (non-hydrogen) atoms. The van der Waals surface area contributed by atoms with E-state index in [0.29, 0.717) is 5.92 Å². The minimum atomic E-state index is 0.565. The van der Waals surface area contributed by atoms with Gasteiger partial charge in [-0.25, -0.2) is 9.97 Å². The van der Waals surface area contributed by atoms with Crippen molar-refractivity contribution >= 4 is 5.82 Å². The Morgan fingerprint density at radius 1 is 1.24 bits per heavy atom. The van der Waals surface area contributed by atoms with Gasteiger partial charge in [0, 0.05) is 24.1 Å². The number of hydrogen-bond acceptors (Lipinski definition) is 3. The minimum absolute atomic E-state index is 0.565. The Morgan fingerprint density at radius 2 is 2.05 bits per heavy atom. The van der Waals surface area contributed by atoms with E-state index in [9.17, 15) is 0 Å². The molecular weight excluding hydrogens is 258 g/mol. The maximum Gasteiger partial charge on any atom is 0.134 e. The molecule has 1 saturated carbocycles. The van der Waals surface area contributed by atoms with Gasteiger partial charge in [-0.15, -0.1) is 0 Å². The molecule has 0 bridgehead atoms. The smallest absolute Gasteiger partial charge is 0.134 e. The van der Waals surface area contributed by atoms with Crippen LogP contribution in [0.5, 0.6) is 0 Å². The van der Waals surface area contributed by atoms with Crippen LogP contribution < -0.4 is 5.32 Å². The summed E-state index contributed by atoms with van der Waals surface area (Å²) in [6.07, 6.45) is 4.73. The molecule has 0 radical (unpaired) electrons. The first-order chi connectivity index (χ1) is 10.2. The van der Waals surface area contributed by atoms with Gasteiger partial charge in [-0.3, -0.25) is 0 Å². The molecule has 1 aromatic heterocycles. The molecule has 0 saturated heterocycles. The van der Waals surface area contributed by atoms with Crippen LogP contribution in [0.3, 0.4) is 0 Å². The van der Waals surface area contributed by atoms with Gasteiger partial charge in [0.25, 0.3) is 0 Å². The summed E-state index contributed by atoms with van der Waals surface area (Å²) in [6, 6.07) is 8.77. The number of hydrogen-bond donors (Lipinski definition) is 1. The van der Waals surface area contributed by atoms with Gasteiger partial charge < -0.3 is 5.32 Å². The normalized spacial score (nSPS) is 14.2. The molecule has 1 N–H and O–H groups in total. The third-order valence-corrected chi connectivity index (χ3v) is 4.08. The minimum Gasteiger partial charge on any atom is -0.373 e. The second-order valence-electron chi connectivity index (χ2n) is 5.88. The van der Waals surface area contributed by atoms with Crippen LogP contribution in [0.1, 0.15) is 49.1 Å². The summed E-state index contributed by atoms with van der Waals surface area (Å²) in [5, 5.41) is 3.22. The summed E-state index contributed by atoms with van der Waals surface area (Å²) in [5.74, 6) is 2.53. The van der Waals surface area contributed by atoms with Gasteiger partial charge in [-0.05, 0) is 37.8 Å². The molecule has 110 valence electrons. The molecule has 0 atom stereocenters. The average molecular weight is 281 g/mol. The van der Waals surface area contributed by atoms with E-state index in [2.05, 4.69) is 48.4 Å². The quantitative estimate of drug-likeness (QED) is 0.886. The molecule has 2 aromatic rings. The Morgan fingerprint density at radius 3 is 2.71 bits per heavy atom. The van der Waals surface area contributed by atoms with Crippen molar-refractivity contribution in [1.29, 1.82) is 0 Å². The maximum absolute atomic E-state index is 4.86. The first kappa shape index (κ1) is 14.1. The van der Waals surface area contributed by atoms with Crippen LogP contribution >= 0.6 is 0 Å². The fourth-order valence-electron chi connectivity index (χ4n) is 2.75. The monoisotopic (exact) mass is 281 g/mol. The first-order valence-corrected chi connectivity index (χ1v) is 7.88. The molecule has 0 aliphatic heterocycles. The largest absolute Gasteiger partial charge is 0.373 e. The highest BCUT2D eigenvalue weighted by Gasteiger charge is 2.28. The molecule has 1 aromatic carbocycles. The van der Waals surface area contributed by atoms with E-state index in [4.69, 9.17) is 4.98 Å². The number of rotatable bonds is 5. The maximum atomic E-state index is 4.86. The lowest BCUT2D eigenvalue weighted by atomic mass is 10.0. The summed E-state index contributed by atoms with van der Waals surface area (Å²) in [5.41, 5.74) is 4.80. The highest BCUT2D eigenvalue weighted by atomic mass is 15.0. The molecule has 1 aliphatic rings. The summed E-state index contributed by atoms with van der Waals surface area (Å²) in [6.45, 7) is 4.32. The highest BCUT2D eigenvalue weighted by Crippen LogP contribution is 2.40. The van der Waals surface area contributed by atoms with Crippen molar-refractivity contribution in [3.63, 3.8) is 0 Å². The van der Waals surface area contributed by atoms with Crippen LogP contribution in [0, 0.1) is 6.92 Å². The fourth-order valence-corrected chi connectivity index (χ4v) is 2.75. The average Bonchev–Trinajstić information content (AvgIpc) is 3.33. The zero-order chi connectivity index (χ0) is 14.8. The van der Waals surface area contributed by atoms with Crippen molar-refractivity contribution in [2.45, 2.75) is 45.4 Å². The molecule has 3 rings (SSSR count). The first-order valence-electron chi connectivity index (χ1n) is 7.88. The fraction of sp³-hybridized carbons (Fsp3) is 0.444. The number of aromatic nitrogens is 2. The second-order valence-corrected chi connectivity index (χ2v) is 5.88. The van der Waals surface area contributed by atoms with Crippen molar-refractivity contribution in [2.24, 2.45) is 0 Å². The summed E-state index contributed by atoms with van der Waals surface area (Å²) in [4.78, 5) is 9.54. The zero-order valence-corrected chi connectivity index (χ0v) is 13.1. The van der Waals surface area contributed by atoms with Crippen LogP contribution in [0.2, 0.25) is 0 Å². The Hall–Kier alpha value is -1.90. The van der Waals surface area contributed by atoms with E-state index < -0.39 is 0 Å². The molecule has 0 amide bonds. The van der Waals surface area contributed by atoms with Gasteiger partial charge in [-0.1, -0.05) is 31.5 Å². The van der Waals surface area contributed by atoms with Crippen molar-refractivity contribution in [3.8, 4) is 11.3 Å². The number of nitrogens with zero attached hydrogens (tertiary/aromatic N) is 2. The Balaban J connectivity index is 2.07. The standard InChI is InChI=1S/C18H23N3/c1-4-6-13-7-5-8-15(11-13)16-12(2)17(19-3)21-18(20-16)14-9-10-14/h5,7-8,11,14H,4,6,9-10H2,1-3H3,(H,19,20,21). The van der Waals surface area contributed by atoms with Gasteiger partial charge in [0.15, 0.2) is 0 Å². The van der Waals surface area contributed by atoms with Crippen molar-refractivity contribution in [2.75, 3.05) is 12.4 Å². The Labute approximate surface area is 126 Å². The lowest BCUT2D eigenvalue weighted by molar-refractivity contribution is 0.916. The van der Waals surface area contributed by atoms with Gasteiger partial charge in [-0.2, -0.15) is 0 Å². The SMILES string of the molecule is CCCc1cccc(-c2nc(C3CC3)nc(NC)c2C)c1. The molecule has 3 heteroatoms. The van der Waals surface area contributed by atoms with Crippen molar-refractivity contribution in [1.82, 2.24) is 9.97 Å². The molecule has 3 nitrogen and oxygen atoms in total. The lowest BCUT2D eigenvalue weighted by Gasteiger charge is -2.13. The summed E-state index contributed by atoms with van der Waals surface area (Å²) >= 11 is 0. The highest BCUT2D eigenvalue weighted by molar-refractivity contribution is 5.68. The number of aryl methyl sites for hydroxylation is 1. The van der Waals surface area contributed by atoms with Crippen molar-refractivity contribution < 1.29 is 0 Å². The molecule has 1 aliphatic carbocycles. The van der Waals surface area contributed by atoms with E-state index >= 15 is 0 Å². The van der Waals surface area contributed by atoms with Crippen LogP contribution in [-0.4, -0.2) is 17.0 Å². The molecule has 0 spiro atoms. The van der Waals surface area contributed by atoms with Crippen LogP contribution in [0.15, 0.2) is 24.3 Å². The van der Waals surface area contributed by atoms with Gasteiger partial charge in [0.1, 0.15) is 11.6 Å². The number of benzene rings is 1. The van der Waals surface area contributed by atoms with Crippen LogP contribution in [0.4, 0.5) is 5.82 Å². The second kappa shape index (κ2) is 5.84. The Kier molecular flexibility index (Phi) is 3.91. The van der Waals surface area contributed by atoms with Gasteiger partial charge in [0.2, 0.25) is 0 Å². The molecule has 0 unspecified atom stereocenters. The molecule has 1 fully saturated rings. The van der Waals surface area contributed by atoms with Gasteiger partial charge >= 0.3 is 0 Å². The predicted octanol–water partition coefficient (Wildman–Crippen LogP) is 4.32. The van der Waals surface area contributed by atoms with Gasteiger partial charge in [0.05, 0.1) is 5.69 Å². The van der Waals surface area contributed by atoms with E-state index in [1.54, 1.807) is 0 Å². The van der Waals surface area contributed by atoms with E-state index in [1.165, 1.54) is 30.4 Å². The third kappa shape index (κ3) is 2.92. The number of nitrogens with one attached hydrogen (secondary N) is 1. The van der Waals surface area contributed by atoms with E-state index in [-0.39, 0.29) is 0 Å². The van der Waals surface area contributed by atoms with E-state index in [0.717, 1.165) is 29.3 Å². The summed E-state index contributed by atoms with van der Waals surface area (Å²) < 4.78 is 0. The molecule has 1 heterocycles. The Bertz CT molecular complexity index is 645.